The van der Waals surface area contributed by atoms with Gasteiger partial charge >= 0.3 is 6.18 Å². The number of benzene rings is 2. The van der Waals surface area contributed by atoms with Crippen molar-refractivity contribution < 1.29 is 32.2 Å². The highest BCUT2D eigenvalue weighted by Gasteiger charge is 2.28. The Hall–Kier alpha value is -3.23. The van der Waals surface area contributed by atoms with Crippen molar-refractivity contribution in [3.63, 3.8) is 0 Å². The molecule has 0 saturated carbocycles. The van der Waals surface area contributed by atoms with Gasteiger partial charge in [0.15, 0.2) is 6.61 Å². The molecule has 2 rings (SSSR count). The van der Waals surface area contributed by atoms with Crippen LogP contribution in [0.2, 0.25) is 0 Å². The van der Waals surface area contributed by atoms with Crippen molar-refractivity contribution >= 4 is 11.8 Å². The average Bonchev–Trinajstić information content (AvgIpc) is 2.70. The highest BCUT2D eigenvalue weighted by Crippen LogP contribution is 2.21. The van der Waals surface area contributed by atoms with E-state index in [-0.39, 0.29) is 30.5 Å². The Kier molecular flexibility index (Phi) is 8.08. The number of hydrogen-bond donors (Lipinski definition) is 2. The molecule has 0 bridgehead atoms. The van der Waals surface area contributed by atoms with E-state index in [1.54, 1.807) is 43.5 Å². The molecule has 1 atom stereocenters. The van der Waals surface area contributed by atoms with Gasteiger partial charge in [-0.25, -0.2) is 0 Å². The molecular weight excluding hydrogens is 401 g/mol. The third-order valence-corrected chi connectivity index (χ3v) is 4.10. The maximum atomic E-state index is 12.3. The molecule has 9 heteroatoms. The Morgan fingerprint density at radius 1 is 1.00 bits per heavy atom. The molecule has 2 aromatic carbocycles. The van der Waals surface area contributed by atoms with Crippen LogP contribution in [0.15, 0.2) is 48.5 Å². The zero-order chi connectivity index (χ0) is 22.1. The summed E-state index contributed by atoms with van der Waals surface area (Å²) in [6, 6.07) is 12.5. The average molecular weight is 424 g/mol. The Morgan fingerprint density at radius 2 is 1.60 bits per heavy atom. The first kappa shape index (κ1) is 23.1. The van der Waals surface area contributed by atoms with E-state index < -0.39 is 18.8 Å². The molecule has 0 radical (unpaired) electrons. The van der Waals surface area contributed by atoms with Gasteiger partial charge in [-0.1, -0.05) is 24.3 Å². The van der Waals surface area contributed by atoms with E-state index in [9.17, 15) is 22.8 Å². The van der Waals surface area contributed by atoms with E-state index in [4.69, 9.17) is 4.74 Å². The third-order valence-electron chi connectivity index (χ3n) is 4.10. The lowest BCUT2D eigenvalue weighted by molar-refractivity contribution is -0.153. The molecule has 2 N–H and O–H groups in total. The standard InChI is InChI=1S/C21H23F3N2O4/c1-14(27)26-19(16-5-9-17(29-2)10-6-16)11-20(28)25-12-15-3-7-18(8-4-15)30-13-21(22,23)24/h3-10,19H,11-13H2,1-2H3,(H,25,28)(H,26,27). The van der Waals surface area contributed by atoms with E-state index in [0.717, 1.165) is 5.56 Å². The number of methoxy groups -OCH3 is 1. The van der Waals surface area contributed by atoms with Gasteiger partial charge in [-0.2, -0.15) is 13.2 Å². The van der Waals surface area contributed by atoms with Crippen molar-refractivity contribution in [3.05, 3.63) is 59.7 Å². The molecule has 30 heavy (non-hydrogen) atoms. The summed E-state index contributed by atoms with van der Waals surface area (Å²) in [6.07, 6.45) is -4.38. The van der Waals surface area contributed by atoms with Crippen molar-refractivity contribution in [2.45, 2.75) is 32.1 Å². The first-order valence-electron chi connectivity index (χ1n) is 9.12. The normalized spacial score (nSPS) is 12.0. The van der Waals surface area contributed by atoms with Gasteiger partial charge in [0.1, 0.15) is 11.5 Å². The minimum atomic E-state index is -4.40. The molecule has 6 nitrogen and oxygen atoms in total. The fourth-order valence-corrected chi connectivity index (χ4v) is 2.66. The smallest absolute Gasteiger partial charge is 0.422 e. The van der Waals surface area contributed by atoms with Crippen LogP contribution in [-0.2, 0) is 16.1 Å². The van der Waals surface area contributed by atoms with Gasteiger partial charge in [-0.15, -0.1) is 0 Å². The maximum absolute atomic E-state index is 12.3. The Labute approximate surface area is 172 Å². The number of hydrogen-bond acceptors (Lipinski definition) is 4. The minimum absolute atomic E-state index is 0.0265. The SMILES string of the molecule is COc1ccc(C(CC(=O)NCc2ccc(OCC(F)(F)F)cc2)NC(C)=O)cc1. The van der Waals surface area contributed by atoms with Crippen LogP contribution in [0.4, 0.5) is 13.2 Å². The predicted molar refractivity (Wildman–Crippen MR) is 104 cm³/mol. The van der Waals surface area contributed by atoms with Crippen LogP contribution >= 0.6 is 0 Å². The van der Waals surface area contributed by atoms with Crippen molar-refractivity contribution in [3.8, 4) is 11.5 Å². The molecule has 0 fully saturated rings. The lowest BCUT2D eigenvalue weighted by Gasteiger charge is -2.18. The van der Waals surface area contributed by atoms with E-state index in [2.05, 4.69) is 15.4 Å². The second-order valence-corrected chi connectivity index (χ2v) is 6.55. The second kappa shape index (κ2) is 10.5. The fraction of sp³-hybridized carbons (Fsp3) is 0.333. The lowest BCUT2D eigenvalue weighted by atomic mass is 10.0. The highest BCUT2D eigenvalue weighted by molar-refractivity contribution is 5.79. The van der Waals surface area contributed by atoms with Gasteiger partial charge in [0.25, 0.3) is 0 Å². The van der Waals surface area contributed by atoms with E-state index in [1.165, 1.54) is 19.1 Å². The molecule has 162 valence electrons. The molecule has 0 aliphatic carbocycles. The Balaban J connectivity index is 1.91. The molecular formula is C21H23F3N2O4. The van der Waals surface area contributed by atoms with Gasteiger partial charge in [-0.05, 0) is 35.4 Å². The van der Waals surface area contributed by atoms with E-state index in [0.29, 0.717) is 11.3 Å². The predicted octanol–water partition coefficient (Wildman–Crippen LogP) is 3.52. The van der Waals surface area contributed by atoms with E-state index >= 15 is 0 Å². The molecule has 0 heterocycles. The number of nitrogens with one attached hydrogen (secondary N) is 2. The number of carbonyl (C=O) groups is 2. The molecule has 1 unspecified atom stereocenters. The topological polar surface area (TPSA) is 76.7 Å². The molecule has 0 spiro atoms. The molecule has 0 aliphatic rings. The van der Waals surface area contributed by atoms with Crippen LogP contribution in [0.3, 0.4) is 0 Å². The quantitative estimate of drug-likeness (QED) is 0.646. The number of halogens is 3. The third kappa shape index (κ3) is 8.02. The van der Waals surface area contributed by atoms with Crippen molar-refractivity contribution in [1.82, 2.24) is 10.6 Å². The first-order valence-corrected chi connectivity index (χ1v) is 9.12. The van der Waals surface area contributed by atoms with Gasteiger partial charge in [0.2, 0.25) is 11.8 Å². The summed E-state index contributed by atoms with van der Waals surface area (Å²) in [5, 5.41) is 5.48. The number of carbonyl (C=O) groups excluding carboxylic acids is 2. The van der Waals surface area contributed by atoms with E-state index in [1.807, 2.05) is 0 Å². The van der Waals surface area contributed by atoms with Gasteiger partial charge in [-0.3, -0.25) is 9.59 Å². The summed E-state index contributed by atoms with van der Waals surface area (Å²) in [5.74, 6) is 0.195. The fourth-order valence-electron chi connectivity index (χ4n) is 2.66. The van der Waals surface area contributed by atoms with Gasteiger partial charge in [0, 0.05) is 13.5 Å². The molecule has 0 aliphatic heterocycles. The zero-order valence-electron chi connectivity index (χ0n) is 16.6. The van der Waals surface area contributed by atoms with Crippen molar-refractivity contribution in [2.24, 2.45) is 0 Å². The summed E-state index contributed by atoms with van der Waals surface area (Å²) in [4.78, 5) is 23.9. The summed E-state index contributed by atoms with van der Waals surface area (Å²) in [5.41, 5.74) is 1.45. The van der Waals surface area contributed by atoms with Crippen LogP contribution in [0, 0.1) is 0 Å². The molecule has 0 saturated heterocycles. The summed E-state index contributed by atoms with van der Waals surface area (Å²) in [6.45, 7) is 0.198. The summed E-state index contributed by atoms with van der Waals surface area (Å²) < 4.78 is 46.3. The lowest BCUT2D eigenvalue weighted by Crippen LogP contribution is -2.32. The molecule has 2 amide bonds. The largest absolute Gasteiger partial charge is 0.497 e. The van der Waals surface area contributed by atoms with Gasteiger partial charge < -0.3 is 20.1 Å². The minimum Gasteiger partial charge on any atom is -0.497 e. The monoisotopic (exact) mass is 424 g/mol. The number of rotatable bonds is 9. The molecule has 0 aromatic heterocycles. The first-order chi connectivity index (χ1) is 14.2. The Bertz CT molecular complexity index is 837. The number of ether oxygens (including phenoxy) is 2. The highest BCUT2D eigenvalue weighted by atomic mass is 19.4. The maximum Gasteiger partial charge on any atom is 0.422 e. The van der Waals surface area contributed by atoms with Gasteiger partial charge in [0.05, 0.1) is 19.6 Å². The van der Waals surface area contributed by atoms with Crippen LogP contribution in [-0.4, -0.2) is 31.7 Å². The summed E-state index contributed by atoms with van der Waals surface area (Å²) >= 11 is 0. The van der Waals surface area contributed by atoms with Crippen LogP contribution in [0.25, 0.3) is 0 Å². The van der Waals surface area contributed by atoms with Crippen LogP contribution < -0.4 is 20.1 Å². The number of alkyl halides is 3. The van der Waals surface area contributed by atoms with Crippen LogP contribution in [0.1, 0.15) is 30.5 Å². The van der Waals surface area contributed by atoms with Crippen LogP contribution in [0.5, 0.6) is 11.5 Å². The van der Waals surface area contributed by atoms with Crippen molar-refractivity contribution in [1.29, 1.82) is 0 Å². The molecule has 2 aromatic rings. The number of amides is 2. The zero-order valence-corrected chi connectivity index (χ0v) is 16.6. The Morgan fingerprint density at radius 3 is 2.13 bits per heavy atom. The van der Waals surface area contributed by atoms with Crippen molar-refractivity contribution in [2.75, 3.05) is 13.7 Å². The second-order valence-electron chi connectivity index (χ2n) is 6.55. The summed E-state index contributed by atoms with van der Waals surface area (Å²) in [7, 11) is 1.54.